The van der Waals surface area contributed by atoms with Crippen LogP contribution in [0.25, 0.3) is 11.0 Å². The number of nitrogens with one attached hydrogen (secondary N) is 1. The van der Waals surface area contributed by atoms with Crippen molar-refractivity contribution in [3.8, 4) is 5.75 Å². The van der Waals surface area contributed by atoms with Gasteiger partial charge in [-0.3, -0.25) is 0 Å². The van der Waals surface area contributed by atoms with Crippen LogP contribution in [0.15, 0.2) is 21.3 Å². The maximum absolute atomic E-state index is 11.7. The first kappa shape index (κ1) is 20.0. The third-order valence-electron chi connectivity index (χ3n) is 4.46. The molecule has 2 heterocycles. The molecule has 1 atom stereocenters. The minimum Gasteiger partial charge on any atom is -0.506 e. The summed E-state index contributed by atoms with van der Waals surface area (Å²) in [5, 5.41) is 14.2. The van der Waals surface area contributed by atoms with E-state index in [1.165, 1.54) is 6.07 Å². The highest BCUT2D eigenvalue weighted by atomic mass is 35.5. The molecule has 1 saturated heterocycles. The predicted octanol–water partition coefficient (Wildman–Crippen LogP) is 2.55. The molecule has 1 aliphatic rings. The lowest BCUT2D eigenvalue weighted by atomic mass is 10.0. The number of phenols is 1. The molecule has 6 nitrogen and oxygen atoms in total. The first-order valence-corrected chi connectivity index (χ1v) is 9.70. The van der Waals surface area contributed by atoms with Gasteiger partial charge in [0, 0.05) is 23.5 Å². The number of phenolic OH excluding ortho intramolecular Hbond substituents is 1. The van der Waals surface area contributed by atoms with E-state index in [2.05, 4.69) is 5.32 Å². The Kier molecular flexibility index (Phi) is 5.45. The summed E-state index contributed by atoms with van der Waals surface area (Å²) < 4.78 is 28.7. The zero-order valence-corrected chi connectivity index (χ0v) is 16.1. The number of rotatable bonds is 3. The molecule has 0 spiro atoms. The molecule has 1 aromatic carbocycles. The standard InChI is InChI=1S/C16H18ClNO5S.ClH/c1-9-5-13(19)23-15-10(9)6-12(17)14(20)11(15)7-18-16(2)3-4-24(21,22)8-16;/h5-6,18,20H,3-4,7-8H2,1-2H3;1H. The molecule has 0 bridgehead atoms. The Morgan fingerprint density at radius 1 is 1.40 bits per heavy atom. The van der Waals surface area contributed by atoms with Crippen LogP contribution in [0.5, 0.6) is 5.75 Å². The average Bonchev–Trinajstić information content (AvgIpc) is 2.75. The Bertz CT molecular complexity index is 986. The number of aromatic hydroxyl groups is 1. The fourth-order valence-corrected chi connectivity index (χ4v) is 5.43. The third-order valence-corrected chi connectivity index (χ3v) is 6.65. The molecule has 1 fully saturated rings. The zero-order chi connectivity index (χ0) is 17.7. The molecule has 0 radical (unpaired) electrons. The summed E-state index contributed by atoms with van der Waals surface area (Å²) in [7, 11) is -3.06. The van der Waals surface area contributed by atoms with Crippen LogP contribution in [0.3, 0.4) is 0 Å². The van der Waals surface area contributed by atoms with Crippen LogP contribution in [0.1, 0.15) is 24.5 Å². The quantitative estimate of drug-likeness (QED) is 0.758. The number of hydrogen-bond donors (Lipinski definition) is 2. The van der Waals surface area contributed by atoms with Crippen molar-refractivity contribution in [1.29, 1.82) is 0 Å². The van der Waals surface area contributed by atoms with Crippen molar-refractivity contribution in [3.05, 3.63) is 38.7 Å². The van der Waals surface area contributed by atoms with Crippen molar-refractivity contribution in [2.75, 3.05) is 11.5 Å². The second kappa shape index (κ2) is 6.79. The monoisotopic (exact) mass is 407 g/mol. The largest absolute Gasteiger partial charge is 0.506 e. The number of halogens is 2. The van der Waals surface area contributed by atoms with Gasteiger partial charge in [0.15, 0.2) is 9.84 Å². The summed E-state index contributed by atoms with van der Waals surface area (Å²) >= 11 is 6.09. The number of aryl methyl sites for hydroxylation is 1. The fourth-order valence-electron chi connectivity index (χ4n) is 3.08. The molecule has 2 aromatic rings. The van der Waals surface area contributed by atoms with Crippen molar-refractivity contribution in [3.63, 3.8) is 0 Å². The van der Waals surface area contributed by atoms with E-state index in [0.29, 0.717) is 22.9 Å². The predicted molar refractivity (Wildman–Crippen MR) is 99.7 cm³/mol. The summed E-state index contributed by atoms with van der Waals surface area (Å²) in [6.07, 6.45) is 0.484. The van der Waals surface area contributed by atoms with E-state index in [9.17, 15) is 18.3 Å². The lowest BCUT2D eigenvalue weighted by Crippen LogP contribution is -2.42. The van der Waals surface area contributed by atoms with Crippen molar-refractivity contribution in [1.82, 2.24) is 5.32 Å². The van der Waals surface area contributed by atoms with Crippen molar-refractivity contribution in [2.24, 2.45) is 0 Å². The second-order valence-electron chi connectivity index (χ2n) is 6.57. The van der Waals surface area contributed by atoms with Gasteiger partial charge in [0.2, 0.25) is 0 Å². The molecule has 9 heteroatoms. The van der Waals surface area contributed by atoms with E-state index in [-0.39, 0.29) is 46.8 Å². The Morgan fingerprint density at radius 3 is 2.68 bits per heavy atom. The molecule has 138 valence electrons. The van der Waals surface area contributed by atoms with E-state index in [1.807, 2.05) is 6.92 Å². The molecule has 0 amide bonds. The average molecular weight is 408 g/mol. The lowest BCUT2D eigenvalue weighted by Gasteiger charge is -2.24. The van der Waals surface area contributed by atoms with Crippen LogP contribution < -0.4 is 10.9 Å². The topological polar surface area (TPSA) is 96.6 Å². The van der Waals surface area contributed by atoms with Crippen LogP contribution in [-0.4, -0.2) is 30.6 Å². The van der Waals surface area contributed by atoms with E-state index >= 15 is 0 Å². The second-order valence-corrected chi connectivity index (χ2v) is 9.16. The Balaban J connectivity index is 0.00000225. The van der Waals surface area contributed by atoms with Gasteiger partial charge in [0.25, 0.3) is 0 Å². The number of benzene rings is 1. The van der Waals surface area contributed by atoms with Crippen LogP contribution in [0, 0.1) is 6.92 Å². The molecular weight excluding hydrogens is 389 g/mol. The SMILES string of the molecule is Cc1cc(=O)oc2c(CNC3(C)CCS(=O)(=O)C3)c(O)c(Cl)cc12.Cl. The lowest BCUT2D eigenvalue weighted by molar-refractivity contribution is 0.387. The molecule has 3 rings (SSSR count). The summed E-state index contributed by atoms with van der Waals surface area (Å²) in [6, 6.07) is 2.91. The smallest absolute Gasteiger partial charge is 0.336 e. The maximum Gasteiger partial charge on any atom is 0.336 e. The van der Waals surface area contributed by atoms with Gasteiger partial charge in [0.1, 0.15) is 11.3 Å². The fraction of sp³-hybridized carbons (Fsp3) is 0.438. The van der Waals surface area contributed by atoms with Crippen LogP contribution in [0.2, 0.25) is 5.02 Å². The van der Waals surface area contributed by atoms with Crippen LogP contribution in [-0.2, 0) is 16.4 Å². The van der Waals surface area contributed by atoms with Gasteiger partial charge in [-0.15, -0.1) is 12.4 Å². The highest BCUT2D eigenvalue weighted by molar-refractivity contribution is 7.91. The van der Waals surface area contributed by atoms with Crippen molar-refractivity contribution < 1.29 is 17.9 Å². The number of sulfone groups is 1. The van der Waals surface area contributed by atoms with Gasteiger partial charge in [-0.25, -0.2) is 13.2 Å². The number of hydrogen-bond acceptors (Lipinski definition) is 6. The van der Waals surface area contributed by atoms with Crippen LogP contribution >= 0.6 is 24.0 Å². The highest BCUT2D eigenvalue weighted by Crippen LogP contribution is 2.36. The van der Waals surface area contributed by atoms with Gasteiger partial charge in [0.05, 0.1) is 22.1 Å². The molecule has 2 N–H and O–H groups in total. The highest BCUT2D eigenvalue weighted by Gasteiger charge is 2.38. The molecule has 1 aromatic heterocycles. The summed E-state index contributed by atoms with van der Waals surface area (Å²) in [4.78, 5) is 11.7. The minimum atomic E-state index is -3.06. The van der Waals surface area contributed by atoms with E-state index < -0.39 is 21.0 Å². The minimum absolute atomic E-state index is 0. The normalized spacial score (nSPS) is 22.0. The van der Waals surface area contributed by atoms with Crippen molar-refractivity contribution >= 4 is 44.8 Å². The van der Waals surface area contributed by atoms with Gasteiger partial charge < -0.3 is 14.8 Å². The molecular formula is C16H19Cl2NO5S. The molecule has 25 heavy (non-hydrogen) atoms. The Morgan fingerprint density at radius 2 is 2.08 bits per heavy atom. The summed E-state index contributed by atoms with van der Waals surface area (Å²) in [6.45, 7) is 3.72. The summed E-state index contributed by atoms with van der Waals surface area (Å²) in [5.41, 5.74) is 0.198. The van der Waals surface area contributed by atoms with Gasteiger partial charge >= 0.3 is 5.63 Å². The van der Waals surface area contributed by atoms with E-state index in [0.717, 1.165) is 0 Å². The van der Waals surface area contributed by atoms with E-state index in [4.69, 9.17) is 16.0 Å². The van der Waals surface area contributed by atoms with Crippen molar-refractivity contribution in [2.45, 2.75) is 32.4 Å². The third kappa shape index (κ3) is 3.95. The van der Waals surface area contributed by atoms with Gasteiger partial charge in [-0.05, 0) is 31.9 Å². The number of fused-ring (bicyclic) bond motifs is 1. The van der Waals surface area contributed by atoms with Crippen LogP contribution in [0.4, 0.5) is 0 Å². The summed E-state index contributed by atoms with van der Waals surface area (Å²) in [5.74, 6) is -0.00951. The Labute approximate surface area is 156 Å². The molecule has 0 saturated carbocycles. The van der Waals surface area contributed by atoms with Gasteiger partial charge in [-0.1, -0.05) is 11.6 Å². The maximum atomic E-state index is 11.7. The molecule has 1 unspecified atom stereocenters. The zero-order valence-electron chi connectivity index (χ0n) is 13.8. The first-order chi connectivity index (χ1) is 11.1. The Hall–Kier alpha value is -1.28. The van der Waals surface area contributed by atoms with E-state index in [1.54, 1.807) is 13.0 Å². The molecule has 1 aliphatic heterocycles. The van der Waals surface area contributed by atoms with Gasteiger partial charge in [-0.2, -0.15) is 0 Å². The first-order valence-electron chi connectivity index (χ1n) is 7.50. The molecule has 0 aliphatic carbocycles.